The van der Waals surface area contributed by atoms with Gasteiger partial charge in [-0.25, -0.2) is 4.39 Å². The molecular formula is C10H11FN2. The molecule has 0 aliphatic heterocycles. The summed E-state index contributed by atoms with van der Waals surface area (Å²) in [7, 11) is 0. The monoisotopic (exact) mass is 178 g/mol. The van der Waals surface area contributed by atoms with Gasteiger partial charge < -0.3 is 10.7 Å². The predicted octanol–water partition coefficient (Wildman–Crippen LogP) is 2.51. The number of rotatable bonds is 0. The first kappa shape index (κ1) is 8.10. The van der Waals surface area contributed by atoms with Crippen LogP contribution in [0.1, 0.15) is 11.3 Å². The smallest absolute Gasteiger partial charge is 0.155 e. The highest BCUT2D eigenvalue weighted by Gasteiger charge is 2.10. The summed E-state index contributed by atoms with van der Waals surface area (Å²) < 4.78 is 13.5. The normalized spacial score (nSPS) is 11.0. The molecule has 3 N–H and O–H groups in total. The summed E-state index contributed by atoms with van der Waals surface area (Å²) in [6.07, 6.45) is 0. The second kappa shape index (κ2) is 2.49. The van der Waals surface area contributed by atoms with Gasteiger partial charge in [0.25, 0.3) is 0 Å². The largest absolute Gasteiger partial charge is 0.396 e. The molecule has 0 unspecified atom stereocenters. The number of anilines is 1. The van der Waals surface area contributed by atoms with E-state index in [2.05, 4.69) is 4.98 Å². The molecule has 0 aliphatic carbocycles. The van der Waals surface area contributed by atoms with Crippen LogP contribution in [0.2, 0.25) is 0 Å². The third-order valence-electron chi connectivity index (χ3n) is 2.43. The first-order valence-electron chi connectivity index (χ1n) is 4.14. The second-order valence-corrected chi connectivity index (χ2v) is 3.27. The number of hydrogen-bond donors (Lipinski definition) is 2. The van der Waals surface area contributed by atoms with Gasteiger partial charge in [0.1, 0.15) is 0 Å². The molecule has 0 amide bonds. The molecule has 68 valence electrons. The number of nitrogen functional groups attached to an aromatic ring is 1. The Morgan fingerprint density at radius 1 is 1.31 bits per heavy atom. The third kappa shape index (κ3) is 1.00. The van der Waals surface area contributed by atoms with E-state index in [1.54, 1.807) is 12.1 Å². The molecule has 1 aromatic carbocycles. The van der Waals surface area contributed by atoms with Crippen LogP contribution in [-0.2, 0) is 0 Å². The summed E-state index contributed by atoms with van der Waals surface area (Å²) >= 11 is 0. The molecule has 3 heteroatoms. The lowest BCUT2D eigenvalue weighted by Gasteiger charge is -1.98. The zero-order valence-electron chi connectivity index (χ0n) is 7.61. The zero-order valence-corrected chi connectivity index (χ0v) is 7.61. The molecule has 2 rings (SSSR count). The van der Waals surface area contributed by atoms with Gasteiger partial charge in [-0.05, 0) is 31.5 Å². The number of aromatic amines is 1. The minimum absolute atomic E-state index is 0.203. The Hall–Kier alpha value is -1.51. The molecule has 0 spiro atoms. The highest BCUT2D eigenvalue weighted by atomic mass is 19.1. The van der Waals surface area contributed by atoms with Gasteiger partial charge in [-0.3, -0.25) is 0 Å². The minimum atomic E-state index is -0.320. The number of nitrogens with two attached hydrogens (primary N) is 1. The first-order valence-corrected chi connectivity index (χ1v) is 4.14. The molecule has 0 atom stereocenters. The van der Waals surface area contributed by atoms with Crippen LogP contribution in [0.25, 0.3) is 10.9 Å². The quantitative estimate of drug-likeness (QED) is 0.598. The van der Waals surface area contributed by atoms with Crippen LogP contribution in [0, 0.1) is 19.7 Å². The van der Waals surface area contributed by atoms with Crippen LogP contribution in [0.3, 0.4) is 0 Å². The van der Waals surface area contributed by atoms with E-state index in [1.165, 1.54) is 0 Å². The van der Waals surface area contributed by atoms with Crippen LogP contribution in [-0.4, -0.2) is 4.98 Å². The number of H-pyrrole nitrogens is 1. The number of aryl methyl sites for hydroxylation is 2. The Morgan fingerprint density at radius 3 is 2.69 bits per heavy atom. The minimum Gasteiger partial charge on any atom is -0.396 e. The molecule has 2 aromatic rings. The molecule has 1 heterocycles. The average molecular weight is 178 g/mol. The number of halogens is 1. The van der Waals surface area contributed by atoms with E-state index < -0.39 is 0 Å². The van der Waals surface area contributed by atoms with Crippen molar-refractivity contribution in [2.24, 2.45) is 0 Å². The van der Waals surface area contributed by atoms with Gasteiger partial charge in [-0.15, -0.1) is 0 Å². The van der Waals surface area contributed by atoms with Crippen molar-refractivity contribution < 1.29 is 4.39 Å². The molecule has 0 bridgehead atoms. The van der Waals surface area contributed by atoms with Gasteiger partial charge in [0.15, 0.2) is 5.82 Å². The Balaban J connectivity index is 2.97. The first-order chi connectivity index (χ1) is 6.11. The van der Waals surface area contributed by atoms with Gasteiger partial charge in [-0.1, -0.05) is 0 Å². The van der Waals surface area contributed by atoms with Crippen molar-refractivity contribution in [1.29, 1.82) is 0 Å². The van der Waals surface area contributed by atoms with Crippen LogP contribution < -0.4 is 5.73 Å². The standard InChI is InChI=1S/C10H11FN2/c1-5-6(2)13-8-4-3-7(12)10(11)9(5)8/h3-4,13H,12H2,1-2H3. The van der Waals surface area contributed by atoms with Crippen molar-refractivity contribution in [2.75, 3.05) is 5.73 Å². The lowest BCUT2D eigenvalue weighted by atomic mass is 10.1. The topological polar surface area (TPSA) is 41.8 Å². The van der Waals surface area contributed by atoms with Crippen molar-refractivity contribution in [3.63, 3.8) is 0 Å². The summed E-state index contributed by atoms with van der Waals surface area (Å²) in [6, 6.07) is 3.38. The van der Waals surface area contributed by atoms with E-state index in [-0.39, 0.29) is 11.5 Å². The molecule has 0 saturated carbocycles. The van der Waals surface area contributed by atoms with Crippen LogP contribution in [0.15, 0.2) is 12.1 Å². The number of aromatic nitrogens is 1. The molecule has 1 aromatic heterocycles. The second-order valence-electron chi connectivity index (χ2n) is 3.27. The SMILES string of the molecule is Cc1[nH]c2ccc(N)c(F)c2c1C. The van der Waals surface area contributed by atoms with Crippen LogP contribution in [0.5, 0.6) is 0 Å². The van der Waals surface area contributed by atoms with E-state index in [0.717, 1.165) is 16.8 Å². The Kier molecular flexibility index (Phi) is 1.55. The zero-order chi connectivity index (χ0) is 9.59. The number of nitrogens with one attached hydrogen (secondary N) is 1. The fourth-order valence-corrected chi connectivity index (χ4v) is 1.55. The molecule has 2 nitrogen and oxygen atoms in total. The van der Waals surface area contributed by atoms with Gasteiger partial charge in [0, 0.05) is 16.6 Å². The lowest BCUT2D eigenvalue weighted by Crippen LogP contribution is -1.90. The Morgan fingerprint density at radius 2 is 2.00 bits per heavy atom. The average Bonchev–Trinajstić information content (AvgIpc) is 2.37. The molecule has 0 saturated heterocycles. The summed E-state index contributed by atoms with van der Waals surface area (Å²) in [5, 5.41) is 0.609. The van der Waals surface area contributed by atoms with Crippen molar-refractivity contribution in [3.8, 4) is 0 Å². The fourth-order valence-electron chi connectivity index (χ4n) is 1.55. The highest BCUT2D eigenvalue weighted by Crippen LogP contribution is 2.27. The molecule has 0 aliphatic rings. The predicted molar refractivity (Wildman–Crippen MR) is 52.1 cm³/mol. The summed E-state index contributed by atoms with van der Waals surface area (Å²) in [6.45, 7) is 3.81. The van der Waals surface area contributed by atoms with E-state index in [9.17, 15) is 4.39 Å². The van der Waals surface area contributed by atoms with Gasteiger partial charge in [0.05, 0.1) is 5.69 Å². The van der Waals surface area contributed by atoms with E-state index >= 15 is 0 Å². The number of hydrogen-bond acceptors (Lipinski definition) is 1. The maximum Gasteiger partial charge on any atom is 0.155 e. The van der Waals surface area contributed by atoms with E-state index in [0.29, 0.717) is 5.39 Å². The number of benzene rings is 1. The highest BCUT2D eigenvalue weighted by molar-refractivity contribution is 5.87. The fraction of sp³-hybridized carbons (Fsp3) is 0.200. The maximum atomic E-state index is 13.5. The molecule has 0 fully saturated rings. The van der Waals surface area contributed by atoms with Crippen molar-refractivity contribution >= 4 is 16.6 Å². The molecule has 13 heavy (non-hydrogen) atoms. The Bertz CT molecular complexity index is 471. The summed E-state index contributed by atoms with van der Waals surface area (Å²) in [5.41, 5.74) is 8.40. The van der Waals surface area contributed by atoms with Crippen LogP contribution in [0.4, 0.5) is 10.1 Å². The number of fused-ring (bicyclic) bond motifs is 1. The lowest BCUT2D eigenvalue weighted by molar-refractivity contribution is 0.644. The summed E-state index contributed by atoms with van der Waals surface area (Å²) in [4.78, 5) is 3.10. The maximum absolute atomic E-state index is 13.5. The molecular weight excluding hydrogens is 167 g/mol. The Labute approximate surface area is 75.6 Å². The van der Waals surface area contributed by atoms with Gasteiger partial charge in [0.2, 0.25) is 0 Å². The third-order valence-corrected chi connectivity index (χ3v) is 2.43. The van der Waals surface area contributed by atoms with Crippen molar-refractivity contribution in [2.45, 2.75) is 13.8 Å². The van der Waals surface area contributed by atoms with E-state index in [4.69, 9.17) is 5.73 Å². The van der Waals surface area contributed by atoms with Gasteiger partial charge >= 0.3 is 0 Å². The van der Waals surface area contributed by atoms with Crippen molar-refractivity contribution in [3.05, 3.63) is 29.2 Å². The summed E-state index contributed by atoms with van der Waals surface area (Å²) in [5.74, 6) is -0.320. The van der Waals surface area contributed by atoms with Gasteiger partial charge in [-0.2, -0.15) is 0 Å². The van der Waals surface area contributed by atoms with E-state index in [1.807, 2.05) is 13.8 Å². The van der Waals surface area contributed by atoms with Crippen molar-refractivity contribution in [1.82, 2.24) is 4.98 Å². The van der Waals surface area contributed by atoms with Crippen LogP contribution >= 0.6 is 0 Å². The molecule has 0 radical (unpaired) electrons.